The summed E-state index contributed by atoms with van der Waals surface area (Å²) in [5, 5.41) is 12.9. The van der Waals surface area contributed by atoms with E-state index >= 15 is 0 Å². The number of carboxylic acids is 1. The van der Waals surface area contributed by atoms with Gasteiger partial charge in [0.25, 0.3) is 5.56 Å². The molecule has 1 fully saturated rings. The van der Waals surface area contributed by atoms with Gasteiger partial charge in [0.1, 0.15) is 9.85 Å². The fourth-order valence-corrected chi connectivity index (χ4v) is 6.32. The Labute approximate surface area is 234 Å². The third-order valence-electron chi connectivity index (χ3n) is 6.92. The number of aromatic carboxylic acids is 1. The summed E-state index contributed by atoms with van der Waals surface area (Å²) >= 11 is 7.32. The second-order valence-electron chi connectivity index (χ2n) is 9.78. The summed E-state index contributed by atoms with van der Waals surface area (Å²) in [7, 11) is 1.75. The molecular formula is C26H29ClN8O3S. The highest BCUT2D eigenvalue weighted by Crippen LogP contribution is 2.35. The van der Waals surface area contributed by atoms with Crippen molar-refractivity contribution in [2.24, 2.45) is 7.05 Å². The van der Waals surface area contributed by atoms with E-state index in [1.54, 1.807) is 17.7 Å². The molecule has 39 heavy (non-hydrogen) atoms. The lowest BCUT2D eigenvalue weighted by molar-refractivity contribution is 0.0691. The molecule has 1 saturated heterocycles. The maximum atomic E-state index is 13.5. The van der Waals surface area contributed by atoms with Crippen LogP contribution in [0.5, 0.6) is 0 Å². The molecule has 4 aromatic rings. The summed E-state index contributed by atoms with van der Waals surface area (Å²) < 4.78 is 2.17. The highest BCUT2D eigenvalue weighted by atomic mass is 35.5. The zero-order valence-corrected chi connectivity index (χ0v) is 23.8. The number of rotatable bonds is 6. The molecule has 0 saturated carbocycles. The van der Waals surface area contributed by atoms with Crippen LogP contribution < -0.4 is 20.7 Å². The van der Waals surface area contributed by atoms with Gasteiger partial charge in [0.15, 0.2) is 5.69 Å². The van der Waals surface area contributed by atoms with Gasteiger partial charge in [-0.05, 0) is 45.4 Å². The predicted octanol–water partition coefficient (Wildman–Crippen LogP) is 4.04. The monoisotopic (exact) mass is 568 g/mol. The number of fused-ring (bicyclic) bond motifs is 1. The lowest BCUT2D eigenvalue weighted by atomic mass is 10.1. The highest BCUT2D eigenvalue weighted by molar-refractivity contribution is 7.19. The molecule has 1 aliphatic heterocycles. The van der Waals surface area contributed by atoms with Gasteiger partial charge in [0.05, 0.1) is 17.2 Å². The average molecular weight is 569 g/mol. The zero-order valence-electron chi connectivity index (χ0n) is 22.3. The van der Waals surface area contributed by atoms with Crippen LogP contribution in [0.2, 0.25) is 5.15 Å². The van der Waals surface area contributed by atoms with E-state index in [9.17, 15) is 14.7 Å². The molecule has 11 nitrogen and oxygen atoms in total. The highest BCUT2D eigenvalue weighted by Gasteiger charge is 2.29. The predicted molar refractivity (Wildman–Crippen MR) is 154 cm³/mol. The number of carbonyl (C=O) groups is 1. The molecule has 2 N–H and O–H groups in total. The van der Waals surface area contributed by atoms with Crippen molar-refractivity contribution in [1.82, 2.24) is 24.5 Å². The molecule has 1 unspecified atom stereocenters. The molecule has 0 radical (unpaired) electrons. The third-order valence-corrected chi connectivity index (χ3v) is 8.23. The zero-order chi connectivity index (χ0) is 28.0. The number of aryl methyl sites for hydroxylation is 2. The van der Waals surface area contributed by atoms with Gasteiger partial charge in [-0.15, -0.1) is 11.3 Å². The molecule has 4 aromatic heterocycles. The number of aromatic nitrogens is 5. The van der Waals surface area contributed by atoms with Crippen LogP contribution in [-0.2, 0) is 7.05 Å². The molecule has 0 aromatic carbocycles. The molecule has 1 aliphatic rings. The number of thiophene rings is 1. The summed E-state index contributed by atoms with van der Waals surface area (Å²) in [6, 6.07) is 2.89. The van der Waals surface area contributed by atoms with Crippen LogP contribution in [0.15, 0.2) is 29.3 Å². The molecule has 0 bridgehead atoms. The number of pyridine rings is 1. The Kier molecular flexibility index (Phi) is 7.17. The van der Waals surface area contributed by atoms with E-state index in [0.29, 0.717) is 47.4 Å². The minimum atomic E-state index is -1.18. The van der Waals surface area contributed by atoms with Crippen molar-refractivity contribution in [3.63, 3.8) is 0 Å². The number of nitrogens with zero attached hydrogens (tertiary/aromatic N) is 7. The Morgan fingerprint density at radius 3 is 2.59 bits per heavy atom. The fourth-order valence-electron chi connectivity index (χ4n) is 5.00. The summed E-state index contributed by atoms with van der Waals surface area (Å²) in [5.41, 5.74) is 2.53. The first kappa shape index (κ1) is 26.8. The summed E-state index contributed by atoms with van der Waals surface area (Å²) in [6.07, 6.45) is 3.63. The van der Waals surface area contributed by atoms with Crippen LogP contribution >= 0.6 is 22.9 Å². The average Bonchev–Trinajstić information content (AvgIpc) is 3.23. The first-order valence-corrected chi connectivity index (χ1v) is 13.7. The maximum Gasteiger partial charge on any atom is 0.356 e. The summed E-state index contributed by atoms with van der Waals surface area (Å²) in [5.74, 6) is 0.102. The van der Waals surface area contributed by atoms with E-state index in [4.69, 9.17) is 16.6 Å². The number of anilines is 3. The lowest BCUT2D eigenvalue weighted by Gasteiger charge is -2.40. The van der Waals surface area contributed by atoms with Crippen LogP contribution in [0.1, 0.15) is 46.4 Å². The van der Waals surface area contributed by atoms with E-state index in [1.807, 2.05) is 33.2 Å². The Bertz CT molecular complexity index is 1620. The van der Waals surface area contributed by atoms with E-state index < -0.39 is 5.97 Å². The first-order chi connectivity index (χ1) is 18.5. The van der Waals surface area contributed by atoms with Crippen molar-refractivity contribution >= 4 is 56.7 Å². The van der Waals surface area contributed by atoms with Crippen molar-refractivity contribution in [1.29, 1.82) is 0 Å². The quantitative estimate of drug-likeness (QED) is 0.329. The Hall–Kier alpha value is -3.77. The number of carboxylic acid groups (broad SMARTS) is 1. The number of hydrogen-bond acceptors (Lipinski definition) is 10. The van der Waals surface area contributed by atoms with Crippen LogP contribution in [0.4, 0.5) is 17.6 Å². The second kappa shape index (κ2) is 10.4. The molecule has 13 heteroatoms. The van der Waals surface area contributed by atoms with Gasteiger partial charge in [-0.2, -0.15) is 0 Å². The number of hydrogen-bond donors (Lipinski definition) is 2. The van der Waals surface area contributed by atoms with Gasteiger partial charge in [0, 0.05) is 55.6 Å². The molecule has 0 aliphatic carbocycles. The molecule has 2 atom stereocenters. The van der Waals surface area contributed by atoms with Crippen molar-refractivity contribution in [2.75, 3.05) is 34.8 Å². The van der Waals surface area contributed by atoms with Gasteiger partial charge < -0.3 is 20.2 Å². The Morgan fingerprint density at radius 2 is 1.92 bits per heavy atom. The third kappa shape index (κ3) is 5.01. The molecule has 5 heterocycles. The second-order valence-corrected chi connectivity index (χ2v) is 11.4. The van der Waals surface area contributed by atoms with E-state index in [2.05, 4.69) is 37.0 Å². The van der Waals surface area contributed by atoms with Crippen LogP contribution in [0, 0.1) is 13.8 Å². The standard InChI is InChI=1S/C26H29ClN8O3S/c1-13-10-28-25(29-11-13)35-9-8-34(12-14(35)2)26-32-21-19(16(4)39-22(21)23(36)33(26)5)15(3)30-17-6-7-18(27)31-20(17)24(37)38/h6-7,10-11,14-15,30H,8-9,12H2,1-5H3,(H,37,38)/t14-,15?/m0/s1. The number of halogens is 1. The van der Waals surface area contributed by atoms with Crippen LogP contribution in [-0.4, -0.2) is 61.3 Å². The number of nitrogens with one attached hydrogen (secondary N) is 1. The van der Waals surface area contributed by atoms with Gasteiger partial charge >= 0.3 is 5.97 Å². The summed E-state index contributed by atoms with van der Waals surface area (Å²) in [6.45, 7) is 9.91. The molecule has 0 spiro atoms. The maximum absolute atomic E-state index is 13.5. The molecule has 5 rings (SSSR count). The van der Waals surface area contributed by atoms with E-state index in [1.165, 1.54) is 17.4 Å². The summed E-state index contributed by atoms with van der Waals surface area (Å²) in [4.78, 5) is 48.4. The van der Waals surface area contributed by atoms with Crippen LogP contribution in [0.25, 0.3) is 10.2 Å². The van der Waals surface area contributed by atoms with Gasteiger partial charge in [-0.25, -0.2) is 24.7 Å². The van der Waals surface area contributed by atoms with E-state index in [0.717, 1.165) is 16.0 Å². The smallest absolute Gasteiger partial charge is 0.356 e. The molecule has 204 valence electrons. The van der Waals surface area contributed by atoms with Gasteiger partial charge in [-0.1, -0.05) is 11.6 Å². The minimum Gasteiger partial charge on any atom is -0.476 e. The largest absolute Gasteiger partial charge is 0.476 e. The SMILES string of the molecule is Cc1cnc(N2CCN(c3nc4c(C(C)Nc5ccc(Cl)nc5C(=O)O)c(C)sc4c(=O)n3C)C[C@@H]2C)nc1. The van der Waals surface area contributed by atoms with E-state index in [-0.39, 0.29) is 28.5 Å². The molecular weight excluding hydrogens is 540 g/mol. The normalized spacial score (nSPS) is 16.5. The Morgan fingerprint density at radius 1 is 1.21 bits per heavy atom. The van der Waals surface area contributed by atoms with Crippen molar-refractivity contribution in [2.45, 2.75) is 39.8 Å². The Balaban J connectivity index is 1.48. The van der Waals surface area contributed by atoms with Crippen LogP contribution in [0.3, 0.4) is 0 Å². The lowest BCUT2D eigenvalue weighted by Crippen LogP contribution is -2.53. The fraction of sp³-hybridized carbons (Fsp3) is 0.385. The van der Waals surface area contributed by atoms with Crippen molar-refractivity contribution in [3.8, 4) is 0 Å². The molecule has 0 amide bonds. The first-order valence-electron chi connectivity index (χ1n) is 12.5. The van der Waals surface area contributed by atoms with Gasteiger partial charge in [-0.3, -0.25) is 9.36 Å². The number of piperazine rings is 1. The van der Waals surface area contributed by atoms with Crippen molar-refractivity contribution < 1.29 is 9.90 Å². The van der Waals surface area contributed by atoms with Gasteiger partial charge in [0.2, 0.25) is 11.9 Å². The minimum absolute atomic E-state index is 0.0980. The van der Waals surface area contributed by atoms with Crippen molar-refractivity contribution in [3.05, 3.63) is 61.7 Å². The topological polar surface area (TPSA) is 129 Å².